The largest absolute Gasteiger partial charge is 0.496 e. The Morgan fingerprint density at radius 1 is 1.29 bits per heavy atom. The van der Waals surface area contributed by atoms with E-state index < -0.39 is 11.4 Å². The zero-order chi connectivity index (χ0) is 15.6. The lowest BCUT2D eigenvalue weighted by Crippen LogP contribution is -2.19. The molecule has 5 heteroatoms. The van der Waals surface area contributed by atoms with Crippen molar-refractivity contribution in [2.75, 3.05) is 7.11 Å². The molecule has 0 saturated carbocycles. The molecule has 1 heterocycles. The molecule has 0 aliphatic rings. The highest BCUT2D eigenvalue weighted by atomic mass is 16.5. The molecule has 5 nitrogen and oxygen atoms in total. The number of nitrogens with zero attached hydrogens (tertiary/aromatic N) is 1. The number of aromatic nitrogens is 1. The van der Waals surface area contributed by atoms with E-state index in [9.17, 15) is 9.59 Å². The van der Waals surface area contributed by atoms with E-state index in [4.69, 9.17) is 9.84 Å². The smallest absolute Gasteiger partial charge is 0.341 e. The number of carbonyl (C=O) groups is 1. The van der Waals surface area contributed by atoms with E-state index in [2.05, 4.69) is 0 Å². The van der Waals surface area contributed by atoms with E-state index in [0.29, 0.717) is 12.2 Å². The number of carboxylic acids is 1. The van der Waals surface area contributed by atoms with Gasteiger partial charge in [-0.3, -0.25) is 4.79 Å². The molecule has 0 bridgehead atoms. The molecule has 0 fully saturated rings. The van der Waals surface area contributed by atoms with Crippen LogP contribution in [0.15, 0.2) is 35.3 Å². The molecule has 2 aromatic rings. The first-order chi connectivity index (χ1) is 9.92. The minimum Gasteiger partial charge on any atom is -0.496 e. The van der Waals surface area contributed by atoms with Crippen molar-refractivity contribution in [3.05, 3.63) is 63.1 Å². The normalized spacial score (nSPS) is 10.4. The molecule has 0 saturated heterocycles. The zero-order valence-corrected chi connectivity index (χ0v) is 12.2. The minimum atomic E-state index is -1.22. The average molecular weight is 287 g/mol. The summed E-state index contributed by atoms with van der Waals surface area (Å²) in [7, 11) is 1.59. The van der Waals surface area contributed by atoms with Gasteiger partial charge in [-0.2, -0.15) is 0 Å². The van der Waals surface area contributed by atoms with Gasteiger partial charge in [0, 0.05) is 23.5 Å². The van der Waals surface area contributed by atoms with Crippen LogP contribution in [0.4, 0.5) is 0 Å². The molecule has 0 amide bonds. The van der Waals surface area contributed by atoms with E-state index in [-0.39, 0.29) is 5.56 Å². The fourth-order valence-electron chi connectivity index (χ4n) is 2.22. The number of aromatic carboxylic acids is 1. The lowest BCUT2D eigenvalue weighted by Gasteiger charge is -2.14. The van der Waals surface area contributed by atoms with E-state index in [1.165, 1.54) is 12.3 Å². The Labute approximate surface area is 122 Å². The first kappa shape index (κ1) is 14.8. The van der Waals surface area contributed by atoms with Crippen LogP contribution in [0, 0.1) is 13.8 Å². The highest BCUT2D eigenvalue weighted by Crippen LogP contribution is 2.21. The third kappa shape index (κ3) is 3.13. The van der Waals surface area contributed by atoms with Crippen LogP contribution in [-0.2, 0) is 6.54 Å². The third-order valence-electron chi connectivity index (χ3n) is 3.35. The molecule has 0 spiro atoms. The molecule has 1 N–H and O–H groups in total. The number of rotatable bonds is 4. The van der Waals surface area contributed by atoms with Crippen molar-refractivity contribution in [3.63, 3.8) is 0 Å². The van der Waals surface area contributed by atoms with Gasteiger partial charge >= 0.3 is 5.97 Å². The summed E-state index contributed by atoms with van der Waals surface area (Å²) in [4.78, 5) is 22.7. The maximum Gasteiger partial charge on any atom is 0.341 e. The Balaban J connectivity index is 2.49. The standard InChI is InChI=1S/C16H17NO4/c1-10-4-5-15(21-3)12(6-10)8-17-9-13(16(19)20)14(18)7-11(17)2/h4-7,9H,8H2,1-3H3,(H,19,20). The Hall–Kier alpha value is -2.56. The highest BCUT2D eigenvalue weighted by Gasteiger charge is 2.12. The van der Waals surface area contributed by atoms with Gasteiger partial charge in [-0.15, -0.1) is 0 Å². The molecule has 0 aliphatic carbocycles. The van der Waals surface area contributed by atoms with Crippen molar-refractivity contribution in [2.45, 2.75) is 20.4 Å². The van der Waals surface area contributed by atoms with E-state index in [0.717, 1.165) is 16.9 Å². The fourth-order valence-corrected chi connectivity index (χ4v) is 2.22. The lowest BCUT2D eigenvalue weighted by molar-refractivity contribution is 0.0694. The quantitative estimate of drug-likeness (QED) is 0.936. The van der Waals surface area contributed by atoms with Gasteiger partial charge in [0.05, 0.1) is 13.7 Å². The first-order valence-corrected chi connectivity index (χ1v) is 6.50. The second-order valence-corrected chi connectivity index (χ2v) is 4.94. The Kier molecular flexibility index (Phi) is 4.12. The summed E-state index contributed by atoms with van der Waals surface area (Å²) in [6, 6.07) is 7.15. The second kappa shape index (κ2) is 5.83. The summed E-state index contributed by atoms with van der Waals surface area (Å²) < 4.78 is 7.06. The molecular formula is C16H17NO4. The Bertz CT molecular complexity index is 746. The average Bonchev–Trinajstić information content (AvgIpc) is 2.41. The van der Waals surface area contributed by atoms with Crippen LogP contribution in [0.1, 0.15) is 27.2 Å². The molecule has 0 radical (unpaired) electrons. The second-order valence-electron chi connectivity index (χ2n) is 4.94. The number of hydrogen-bond donors (Lipinski definition) is 1. The van der Waals surface area contributed by atoms with Crippen LogP contribution in [0.25, 0.3) is 0 Å². The van der Waals surface area contributed by atoms with Gasteiger partial charge in [0.2, 0.25) is 0 Å². The van der Waals surface area contributed by atoms with Crippen LogP contribution in [0.2, 0.25) is 0 Å². The monoisotopic (exact) mass is 287 g/mol. The number of methoxy groups -OCH3 is 1. The number of hydrogen-bond acceptors (Lipinski definition) is 3. The van der Waals surface area contributed by atoms with E-state index >= 15 is 0 Å². The number of ether oxygens (including phenoxy) is 1. The third-order valence-corrected chi connectivity index (χ3v) is 3.35. The number of carboxylic acid groups (broad SMARTS) is 1. The molecule has 1 aromatic heterocycles. The maximum absolute atomic E-state index is 11.6. The van der Waals surface area contributed by atoms with Crippen LogP contribution < -0.4 is 10.2 Å². The van der Waals surface area contributed by atoms with Gasteiger partial charge in [-0.25, -0.2) is 4.79 Å². The Morgan fingerprint density at radius 2 is 2.00 bits per heavy atom. The number of pyridine rings is 1. The van der Waals surface area contributed by atoms with Crippen LogP contribution in [0.3, 0.4) is 0 Å². The SMILES string of the molecule is COc1ccc(C)cc1Cn1cc(C(=O)O)c(=O)cc1C. The van der Waals surface area contributed by atoms with Crippen molar-refractivity contribution in [1.29, 1.82) is 0 Å². The summed E-state index contributed by atoms with van der Waals surface area (Å²) in [5, 5.41) is 9.05. The van der Waals surface area contributed by atoms with E-state index in [1.807, 2.05) is 25.1 Å². The molecule has 21 heavy (non-hydrogen) atoms. The predicted molar refractivity (Wildman–Crippen MR) is 79.2 cm³/mol. The molecule has 0 atom stereocenters. The van der Waals surface area contributed by atoms with E-state index in [1.54, 1.807) is 18.6 Å². The summed E-state index contributed by atoms with van der Waals surface area (Å²) >= 11 is 0. The van der Waals surface area contributed by atoms with Crippen molar-refractivity contribution < 1.29 is 14.6 Å². The summed E-state index contributed by atoms with van der Waals surface area (Å²) in [6.07, 6.45) is 1.38. The molecule has 110 valence electrons. The van der Waals surface area contributed by atoms with Crippen molar-refractivity contribution in [2.24, 2.45) is 0 Å². The zero-order valence-electron chi connectivity index (χ0n) is 12.2. The molecule has 1 aromatic carbocycles. The summed E-state index contributed by atoms with van der Waals surface area (Å²) in [5.41, 5.74) is 2.01. The summed E-state index contributed by atoms with van der Waals surface area (Å²) in [5.74, 6) is -0.486. The van der Waals surface area contributed by atoms with Crippen molar-refractivity contribution in [3.8, 4) is 5.75 Å². The van der Waals surface area contributed by atoms with Gasteiger partial charge in [0.15, 0.2) is 5.43 Å². The fraction of sp³-hybridized carbons (Fsp3) is 0.250. The predicted octanol–water partition coefficient (Wildman–Crippen LogP) is 2.22. The van der Waals surface area contributed by atoms with Crippen LogP contribution in [0.5, 0.6) is 5.75 Å². The highest BCUT2D eigenvalue weighted by molar-refractivity contribution is 5.87. The number of benzene rings is 1. The topological polar surface area (TPSA) is 68.5 Å². The van der Waals surface area contributed by atoms with Gasteiger partial charge in [0.1, 0.15) is 11.3 Å². The van der Waals surface area contributed by atoms with Gasteiger partial charge in [-0.05, 0) is 19.9 Å². The first-order valence-electron chi connectivity index (χ1n) is 6.50. The lowest BCUT2D eigenvalue weighted by atomic mass is 10.1. The molecule has 0 aliphatic heterocycles. The van der Waals surface area contributed by atoms with Gasteiger partial charge < -0.3 is 14.4 Å². The minimum absolute atomic E-state index is 0.229. The van der Waals surface area contributed by atoms with Crippen LogP contribution in [-0.4, -0.2) is 22.8 Å². The maximum atomic E-state index is 11.6. The number of aryl methyl sites for hydroxylation is 2. The van der Waals surface area contributed by atoms with Crippen LogP contribution >= 0.6 is 0 Å². The van der Waals surface area contributed by atoms with Crippen molar-refractivity contribution >= 4 is 5.97 Å². The molecule has 2 rings (SSSR count). The Morgan fingerprint density at radius 3 is 2.62 bits per heavy atom. The van der Waals surface area contributed by atoms with Crippen molar-refractivity contribution in [1.82, 2.24) is 4.57 Å². The summed E-state index contributed by atoms with van der Waals surface area (Å²) in [6.45, 7) is 4.19. The van der Waals surface area contributed by atoms with Gasteiger partial charge in [-0.1, -0.05) is 17.7 Å². The molecule has 0 unspecified atom stereocenters. The van der Waals surface area contributed by atoms with Gasteiger partial charge in [0.25, 0.3) is 0 Å². The molecular weight excluding hydrogens is 270 g/mol.